The molecule has 132 valence electrons. The summed E-state index contributed by atoms with van der Waals surface area (Å²) in [6, 6.07) is 3.80. The van der Waals surface area contributed by atoms with E-state index in [1.807, 2.05) is 0 Å². The third kappa shape index (κ3) is 4.32. The normalized spacial score (nSPS) is 11.3. The average molecular weight is 359 g/mol. The summed E-state index contributed by atoms with van der Waals surface area (Å²) in [6.07, 6.45) is 0. The highest BCUT2D eigenvalue weighted by Gasteiger charge is 2.45. The lowest BCUT2D eigenvalue weighted by atomic mass is 9.75. The summed E-state index contributed by atoms with van der Waals surface area (Å²) < 4.78 is 23.0. The van der Waals surface area contributed by atoms with Crippen LogP contribution in [0.5, 0.6) is 0 Å². The summed E-state index contributed by atoms with van der Waals surface area (Å²) in [7, 11) is 0. The summed E-state index contributed by atoms with van der Waals surface area (Å²) in [5.41, 5.74) is -0.904. The molecule has 0 atom stereocenters. The van der Waals surface area contributed by atoms with Gasteiger partial charge in [-0.05, 0) is 45.4 Å². The Kier molecular flexibility index (Phi) is 6.90. The minimum absolute atomic E-state index is 0.0187. The number of ether oxygens (including phenoxy) is 2. The smallest absolute Gasteiger partial charge is 0.328 e. The van der Waals surface area contributed by atoms with Crippen molar-refractivity contribution in [3.05, 3.63) is 34.6 Å². The lowest BCUT2D eigenvalue weighted by Crippen LogP contribution is -2.44. The van der Waals surface area contributed by atoms with Crippen LogP contribution in [0.4, 0.5) is 4.39 Å². The van der Waals surface area contributed by atoms with E-state index in [9.17, 15) is 18.8 Å². The van der Waals surface area contributed by atoms with Gasteiger partial charge in [-0.1, -0.05) is 17.7 Å². The second kappa shape index (κ2) is 8.24. The summed E-state index contributed by atoms with van der Waals surface area (Å²) in [5.74, 6) is -4.98. The Morgan fingerprint density at radius 1 is 1.12 bits per heavy atom. The van der Waals surface area contributed by atoms with E-state index in [4.69, 9.17) is 21.1 Å². The predicted octanol–water partition coefficient (Wildman–Crippen LogP) is 3.07. The van der Waals surface area contributed by atoms with Crippen molar-refractivity contribution in [3.8, 4) is 0 Å². The highest BCUT2D eigenvalue weighted by molar-refractivity contribution is 6.30. The standard InChI is InChI=1S/C17H20ClFO5/c1-5-23-15(21)13(16(22)24-6-2)14(20)17(3,4)10-7-8-12(19)11(18)9-10/h7-9,13H,5-6H2,1-4H3. The zero-order valence-corrected chi connectivity index (χ0v) is 14.8. The Bertz CT molecular complexity index is 624. The topological polar surface area (TPSA) is 69.7 Å². The van der Waals surface area contributed by atoms with Crippen LogP contribution in [-0.4, -0.2) is 30.9 Å². The van der Waals surface area contributed by atoms with Gasteiger partial charge in [0.1, 0.15) is 5.82 Å². The molecule has 24 heavy (non-hydrogen) atoms. The number of carbonyl (C=O) groups excluding carboxylic acids is 3. The van der Waals surface area contributed by atoms with E-state index in [2.05, 4.69) is 0 Å². The van der Waals surface area contributed by atoms with Crippen molar-refractivity contribution in [3.63, 3.8) is 0 Å². The molecule has 1 aromatic rings. The van der Waals surface area contributed by atoms with Gasteiger partial charge in [0, 0.05) is 5.41 Å². The number of esters is 2. The van der Waals surface area contributed by atoms with Crippen LogP contribution in [0.25, 0.3) is 0 Å². The lowest BCUT2D eigenvalue weighted by Gasteiger charge is -2.27. The zero-order valence-electron chi connectivity index (χ0n) is 14.0. The minimum atomic E-state index is -1.70. The summed E-state index contributed by atoms with van der Waals surface area (Å²) in [5, 5.41) is -0.155. The van der Waals surface area contributed by atoms with Crippen molar-refractivity contribution < 1.29 is 28.2 Å². The fourth-order valence-electron chi connectivity index (χ4n) is 2.15. The van der Waals surface area contributed by atoms with Gasteiger partial charge in [-0.15, -0.1) is 0 Å². The molecule has 0 heterocycles. The molecule has 0 aliphatic carbocycles. The van der Waals surface area contributed by atoms with Gasteiger partial charge in [0.25, 0.3) is 0 Å². The van der Waals surface area contributed by atoms with Gasteiger partial charge in [-0.2, -0.15) is 0 Å². The van der Waals surface area contributed by atoms with Gasteiger partial charge >= 0.3 is 11.9 Å². The molecule has 0 amide bonds. The van der Waals surface area contributed by atoms with Gasteiger partial charge in [0.05, 0.1) is 18.2 Å². The van der Waals surface area contributed by atoms with E-state index in [0.29, 0.717) is 5.56 Å². The molecule has 0 saturated carbocycles. The van der Waals surface area contributed by atoms with Crippen LogP contribution in [-0.2, 0) is 29.3 Å². The maximum atomic E-state index is 13.3. The van der Waals surface area contributed by atoms with Crippen LogP contribution in [0, 0.1) is 11.7 Å². The third-order valence-electron chi connectivity index (χ3n) is 3.56. The molecule has 7 heteroatoms. The van der Waals surface area contributed by atoms with Crippen molar-refractivity contribution >= 4 is 29.3 Å². The number of hydrogen-bond acceptors (Lipinski definition) is 5. The number of ketones is 1. The molecule has 0 fully saturated rings. The van der Waals surface area contributed by atoms with Crippen LogP contribution >= 0.6 is 11.6 Å². The van der Waals surface area contributed by atoms with Crippen molar-refractivity contribution in [2.24, 2.45) is 5.92 Å². The maximum absolute atomic E-state index is 13.3. The van der Waals surface area contributed by atoms with Gasteiger partial charge in [0.15, 0.2) is 5.78 Å². The first-order valence-electron chi connectivity index (χ1n) is 7.49. The second-order valence-corrected chi connectivity index (χ2v) is 5.96. The molecule has 0 saturated heterocycles. The Labute approximate surface area is 145 Å². The molecule has 0 aliphatic heterocycles. The first-order valence-corrected chi connectivity index (χ1v) is 7.87. The summed E-state index contributed by atoms with van der Waals surface area (Å²) >= 11 is 5.76. The third-order valence-corrected chi connectivity index (χ3v) is 3.85. The van der Waals surface area contributed by atoms with Crippen molar-refractivity contribution in [2.45, 2.75) is 33.1 Å². The van der Waals surface area contributed by atoms with E-state index in [1.54, 1.807) is 13.8 Å². The number of hydrogen-bond donors (Lipinski definition) is 0. The van der Waals surface area contributed by atoms with Gasteiger partial charge in [0.2, 0.25) is 5.92 Å². The van der Waals surface area contributed by atoms with Gasteiger partial charge in [-0.25, -0.2) is 4.39 Å². The molecule has 0 radical (unpaired) electrons. The van der Waals surface area contributed by atoms with Crippen molar-refractivity contribution in [1.82, 2.24) is 0 Å². The predicted molar refractivity (Wildman–Crippen MR) is 86.2 cm³/mol. The molecular formula is C17H20ClFO5. The molecule has 0 unspecified atom stereocenters. The van der Waals surface area contributed by atoms with Crippen molar-refractivity contribution in [1.29, 1.82) is 0 Å². The quantitative estimate of drug-likeness (QED) is 0.553. The fraction of sp³-hybridized carbons (Fsp3) is 0.471. The first kappa shape index (κ1) is 20.1. The van der Waals surface area contributed by atoms with Gasteiger partial charge < -0.3 is 9.47 Å². The molecule has 1 rings (SSSR count). The molecule has 0 N–H and O–H groups in total. The molecule has 0 aromatic heterocycles. The number of benzene rings is 1. The minimum Gasteiger partial charge on any atom is -0.465 e. The molecule has 0 aliphatic rings. The highest BCUT2D eigenvalue weighted by Crippen LogP contribution is 2.31. The lowest BCUT2D eigenvalue weighted by molar-refractivity contribution is -0.165. The van der Waals surface area contributed by atoms with Crippen LogP contribution in [0.3, 0.4) is 0 Å². The van der Waals surface area contributed by atoms with E-state index in [0.717, 1.165) is 6.07 Å². The van der Waals surface area contributed by atoms with Crippen molar-refractivity contribution in [2.75, 3.05) is 13.2 Å². The average Bonchev–Trinajstić information content (AvgIpc) is 2.50. The highest BCUT2D eigenvalue weighted by atomic mass is 35.5. The van der Waals surface area contributed by atoms with Crippen LogP contribution in [0.1, 0.15) is 33.3 Å². The molecule has 0 bridgehead atoms. The first-order chi connectivity index (χ1) is 11.2. The number of rotatable bonds is 7. The molecule has 0 spiro atoms. The van der Waals surface area contributed by atoms with Gasteiger partial charge in [-0.3, -0.25) is 14.4 Å². The van der Waals surface area contributed by atoms with Crippen LogP contribution in [0.2, 0.25) is 5.02 Å². The summed E-state index contributed by atoms with van der Waals surface area (Å²) in [4.78, 5) is 37.0. The van der Waals surface area contributed by atoms with Crippen LogP contribution in [0.15, 0.2) is 18.2 Å². The Balaban J connectivity index is 3.25. The van der Waals surface area contributed by atoms with E-state index in [-0.39, 0.29) is 18.2 Å². The second-order valence-electron chi connectivity index (χ2n) is 5.56. The monoisotopic (exact) mass is 358 g/mol. The fourth-order valence-corrected chi connectivity index (χ4v) is 2.33. The Hall–Kier alpha value is -1.95. The number of halogens is 2. The Morgan fingerprint density at radius 2 is 1.62 bits per heavy atom. The zero-order chi connectivity index (χ0) is 18.5. The molecule has 5 nitrogen and oxygen atoms in total. The Morgan fingerprint density at radius 3 is 2.04 bits per heavy atom. The SMILES string of the molecule is CCOC(=O)C(C(=O)OCC)C(=O)C(C)(C)c1ccc(F)c(Cl)c1. The number of carbonyl (C=O) groups is 3. The van der Waals surface area contributed by atoms with Crippen LogP contribution < -0.4 is 0 Å². The molecular weight excluding hydrogens is 339 g/mol. The summed E-state index contributed by atoms with van der Waals surface area (Å²) in [6.45, 7) is 6.20. The van der Waals surface area contributed by atoms with E-state index < -0.39 is 34.9 Å². The van der Waals surface area contributed by atoms with E-state index >= 15 is 0 Å². The number of Topliss-reactive ketones (excluding diaryl/α,β-unsaturated/α-hetero) is 1. The maximum Gasteiger partial charge on any atom is 0.328 e. The molecule has 1 aromatic carbocycles. The van der Waals surface area contributed by atoms with E-state index in [1.165, 1.54) is 26.0 Å². The largest absolute Gasteiger partial charge is 0.465 e.